The van der Waals surface area contributed by atoms with E-state index in [9.17, 15) is 34.5 Å². The molecule has 440 valence electrons. The maximum atomic E-state index is 13.2. The van der Waals surface area contributed by atoms with Gasteiger partial charge in [-0.05, 0) is 116 Å². The predicted molar refractivity (Wildman–Crippen MR) is 312 cm³/mol. The van der Waals surface area contributed by atoms with E-state index in [1.54, 1.807) is 0 Å². The first kappa shape index (κ1) is 70.9. The number of aliphatic hydroxyl groups excluding tert-OH is 2. The van der Waals surface area contributed by atoms with Crippen LogP contribution in [0.5, 0.6) is 0 Å². The Kier molecular flexibility index (Phi) is 48.4. The first-order valence-corrected chi connectivity index (χ1v) is 30.6. The number of esters is 3. The summed E-state index contributed by atoms with van der Waals surface area (Å²) in [6, 6.07) is 0. The first-order valence-electron chi connectivity index (χ1n) is 30.6. The summed E-state index contributed by atoms with van der Waals surface area (Å²) in [6.45, 7) is 5.81. The number of ether oxygens (including phenoxy) is 5. The van der Waals surface area contributed by atoms with Crippen LogP contribution in [0.25, 0.3) is 0 Å². The van der Waals surface area contributed by atoms with Gasteiger partial charge in [-0.15, -0.1) is 0 Å². The summed E-state index contributed by atoms with van der Waals surface area (Å²) in [5, 5.41) is 31.5. The lowest BCUT2D eigenvalue weighted by atomic mass is 9.98. The third kappa shape index (κ3) is 42.5. The second kappa shape index (κ2) is 52.6. The van der Waals surface area contributed by atoms with E-state index in [1.807, 2.05) is 0 Å². The van der Waals surface area contributed by atoms with E-state index in [2.05, 4.69) is 106 Å². The minimum atomic E-state index is -1.91. The van der Waals surface area contributed by atoms with Crippen molar-refractivity contribution in [3.8, 4) is 0 Å². The molecule has 0 saturated carbocycles. The van der Waals surface area contributed by atoms with Crippen molar-refractivity contribution < 1.29 is 58.2 Å². The molecule has 6 atom stereocenters. The topological polar surface area (TPSA) is 175 Å². The van der Waals surface area contributed by atoms with E-state index in [1.165, 1.54) is 51.4 Å². The SMILES string of the molecule is CC/C=C\C/C=C\C/C=C\CCCCCCCC(=O)OC(COC(=O)CCCCCCCC/C=C\C/C=C\C/C=C\CCCCC)COC1OC(C(=O)O)C(O)C(O)C1OC(=O)CCCCCCC/C=C\CCCCCC. The van der Waals surface area contributed by atoms with Gasteiger partial charge in [0.05, 0.1) is 6.61 Å². The Morgan fingerprint density at radius 3 is 1.29 bits per heavy atom. The summed E-state index contributed by atoms with van der Waals surface area (Å²) >= 11 is 0. The van der Waals surface area contributed by atoms with Crippen molar-refractivity contribution in [2.75, 3.05) is 13.2 Å². The summed E-state index contributed by atoms with van der Waals surface area (Å²) < 4.78 is 28.4. The van der Waals surface area contributed by atoms with Crippen LogP contribution in [0.15, 0.2) is 85.1 Å². The summed E-state index contributed by atoms with van der Waals surface area (Å²) in [5.41, 5.74) is 0. The van der Waals surface area contributed by atoms with Crippen molar-refractivity contribution in [2.45, 2.75) is 289 Å². The number of aliphatic hydroxyl groups is 2. The maximum Gasteiger partial charge on any atom is 0.335 e. The number of hydrogen-bond donors (Lipinski definition) is 3. The molecule has 12 nitrogen and oxygen atoms in total. The smallest absolute Gasteiger partial charge is 0.335 e. The molecule has 0 amide bonds. The third-order valence-electron chi connectivity index (χ3n) is 13.4. The van der Waals surface area contributed by atoms with Crippen LogP contribution in [0.1, 0.15) is 252 Å². The molecule has 0 aromatic heterocycles. The van der Waals surface area contributed by atoms with Gasteiger partial charge in [0.15, 0.2) is 24.6 Å². The molecule has 0 spiro atoms. The number of carboxylic acid groups (broad SMARTS) is 1. The lowest BCUT2D eigenvalue weighted by Crippen LogP contribution is -2.61. The zero-order valence-electron chi connectivity index (χ0n) is 48.4. The molecule has 6 unspecified atom stereocenters. The van der Waals surface area contributed by atoms with Crippen molar-refractivity contribution in [3.05, 3.63) is 85.1 Å². The highest BCUT2D eigenvalue weighted by Gasteiger charge is 2.50. The van der Waals surface area contributed by atoms with Gasteiger partial charge in [-0.2, -0.15) is 0 Å². The van der Waals surface area contributed by atoms with Crippen molar-refractivity contribution in [1.29, 1.82) is 0 Å². The predicted octanol–water partition coefficient (Wildman–Crippen LogP) is 15.9. The third-order valence-corrected chi connectivity index (χ3v) is 13.4. The van der Waals surface area contributed by atoms with Gasteiger partial charge >= 0.3 is 23.9 Å². The van der Waals surface area contributed by atoms with Gasteiger partial charge in [-0.25, -0.2) is 4.79 Å². The summed E-state index contributed by atoms with van der Waals surface area (Å²) in [6.07, 6.45) is 55.4. The fourth-order valence-corrected chi connectivity index (χ4v) is 8.74. The van der Waals surface area contributed by atoms with E-state index in [0.717, 1.165) is 141 Å². The van der Waals surface area contributed by atoms with Crippen LogP contribution in [0.4, 0.5) is 0 Å². The highest BCUT2D eigenvalue weighted by Crippen LogP contribution is 2.26. The van der Waals surface area contributed by atoms with Crippen molar-refractivity contribution >= 4 is 23.9 Å². The largest absolute Gasteiger partial charge is 0.479 e. The van der Waals surface area contributed by atoms with Gasteiger partial charge in [0, 0.05) is 19.3 Å². The van der Waals surface area contributed by atoms with Crippen molar-refractivity contribution in [2.24, 2.45) is 0 Å². The molecule has 0 radical (unpaired) electrons. The number of carbonyl (C=O) groups is 4. The molecule has 0 aliphatic carbocycles. The fourth-order valence-electron chi connectivity index (χ4n) is 8.74. The van der Waals surface area contributed by atoms with Gasteiger partial charge in [0.25, 0.3) is 0 Å². The molecule has 3 N–H and O–H groups in total. The molecule has 1 aliphatic rings. The Hall–Kier alpha value is -4.10. The Labute approximate surface area is 467 Å². The van der Waals surface area contributed by atoms with E-state index >= 15 is 0 Å². The molecule has 0 aromatic rings. The van der Waals surface area contributed by atoms with E-state index in [-0.39, 0.29) is 25.9 Å². The van der Waals surface area contributed by atoms with E-state index in [4.69, 9.17) is 23.7 Å². The molecule has 1 heterocycles. The van der Waals surface area contributed by atoms with Gasteiger partial charge in [0.1, 0.15) is 18.8 Å². The van der Waals surface area contributed by atoms with Crippen LogP contribution < -0.4 is 0 Å². The number of hydrogen-bond acceptors (Lipinski definition) is 11. The summed E-state index contributed by atoms with van der Waals surface area (Å²) in [5.74, 6) is -3.17. The minimum absolute atomic E-state index is 0.0442. The van der Waals surface area contributed by atoms with Crippen LogP contribution in [-0.2, 0) is 42.9 Å². The number of aliphatic carboxylic acids is 1. The summed E-state index contributed by atoms with van der Waals surface area (Å²) in [4.78, 5) is 51.2. The maximum absolute atomic E-state index is 13.2. The van der Waals surface area contributed by atoms with E-state index < -0.39 is 67.3 Å². The lowest BCUT2D eigenvalue weighted by molar-refractivity contribution is -0.301. The monoisotopic (exact) mass is 1080 g/mol. The minimum Gasteiger partial charge on any atom is -0.479 e. The number of unbranched alkanes of at least 4 members (excludes halogenated alkanes) is 23. The second-order valence-electron chi connectivity index (χ2n) is 20.6. The zero-order chi connectivity index (χ0) is 56.1. The average Bonchev–Trinajstić information content (AvgIpc) is 3.41. The zero-order valence-corrected chi connectivity index (χ0v) is 48.4. The molecular formula is C65H108O12. The second-order valence-corrected chi connectivity index (χ2v) is 20.6. The quantitative estimate of drug-likeness (QED) is 0.0228. The molecular weight excluding hydrogens is 973 g/mol. The molecule has 0 aromatic carbocycles. The first-order chi connectivity index (χ1) is 37.6. The normalized spacial score (nSPS) is 18.6. The fraction of sp³-hybridized carbons (Fsp3) is 0.723. The van der Waals surface area contributed by atoms with Crippen LogP contribution in [-0.4, -0.2) is 89.2 Å². The van der Waals surface area contributed by atoms with Gasteiger partial charge in [-0.3, -0.25) is 14.4 Å². The van der Waals surface area contributed by atoms with Crippen LogP contribution >= 0.6 is 0 Å². The molecule has 12 heteroatoms. The van der Waals surface area contributed by atoms with E-state index in [0.29, 0.717) is 19.3 Å². The standard InChI is InChI=1S/C65H108O12/c1-4-7-10-13-16-19-22-25-27-28-29-30-32-34-36-39-42-45-48-51-57(66)73-54-56(75-58(67)52-49-46-43-40-38-35-31-26-23-20-17-14-11-8-5-2)55-74-65-63(61(70)60(69)62(77-65)64(71)72)76-59(68)53-50-47-44-41-37-33-24-21-18-15-12-9-6-3/h8,11,16-17,19-21,24-27,29-31,56,60-63,65,69-70H,4-7,9-10,12-15,18,22-23,28,32-55H2,1-3H3,(H,71,72)/b11-8-,19-16-,20-17-,24-21-,27-25-,30-29-,31-26-. The van der Waals surface area contributed by atoms with Crippen LogP contribution in [0.3, 0.4) is 0 Å². The number of allylic oxidation sites excluding steroid dienone is 14. The highest BCUT2D eigenvalue weighted by molar-refractivity contribution is 5.74. The lowest BCUT2D eigenvalue weighted by Gasteiger charge is -2.40. The van der Waals surface area contributed by atoms with Crippen LogP contribution in [0, 0.1) is 0 Å². The summed E-state index contributed by atoms with van der Waals surface area (Å²) in [7, 11) is 0. The molecule has 1 saturated heterocycles. The number of carboxylic acids is 1. The molecule has 1 rings (SSSR count). The molecule has 0 bridgehead atoms. The highest BCUT2D eigenvalue weighted by atomic mass is 16.7. The van der Waals surface area contributed by atoms with Gasteiger partial charge in [-0.1, -0.05) is 202 Å². The van der Waals surface area contributed by atoms with Crippen LogP contribution in [0.2, 0.25) is 0 Å². The van der Waals surface area contributed by atoms with Crippen molar-refractivity contribution in [1.82, 2.24) is 0 Å². The van der Waals surface area contributed by atoms with Gasteiger partial charge in [0.2, 0.25) is 0 Å². The number of rotatable bonds is 51. The Balaban J connectivity index is 2.70. The Bertz CT molecular complexity index is 1660. The molecule has 77 heavy (non-hydrogen) atoms. The number of carbonyl (C=O) groups excluding carboxylic acids is 3. The van der Waals surface area contributed by atoms with Crippen molar-refractivity contribution in [3.63, 3.8) is 0 Å². The van der Waals surface area contributed by atoms with Gasteiger partial charge < -0.3 is 39.0 Å². The average molecular weight is 1080 g/mol. The molecule has 1 aliphatic heterocycles. The molecule has 1 fully saturated rings. The Morgan fingerprint density at radius 1 is 0.442 bits per heavy atom. The Morgan fingerprint density at radius 2 is 0.818 bits per heavy atom.